The smallest absolute Gasteiger partial charge is 0.264 e. The van der Waals surface area contributed by atoms with E-state index in [2.05, 4.69) is 5.32 Å². The zero-order valence-corrected chi connectivity index (χ0v) is 19.2. The van der Waals surface area contributed by atoms with Gasteiger partial charge in [0.2, 0.25) is 5.91 Å². The van der Waals surface area contributed by atoms with E-state index in [-0.39, 0.29) is 17.3 Å². The van der Waals surface area contributed by atoms with Gasteiger partial charge in [-0.3, -0.25) is 9.10 Å². The number of carbonyl (C=O) groups excluding carboxylic acids is 1. The van der Waals surface area contributed by atoms with Gasteiger partial charge in [0.05, 0.1) is 16.7 Å². The SMILES string of the molecule is Cc1ccc(C)c(N(CC(=O)NCCCOC2CCCC2)S(=O)(=O)c2ccccc2)c1. The van der Waals surface area contributed by atoms with Crippen molar-refractivity contribution in [1.29, 1.82) is 0 Å². The predicted molar refractivity (Wildman–Crippen MR) is 123 cm³/mol. The number of nitrogens with zero attached hydrogens (tertiary/aromatic N) is 1. The molecule has 1 saturated carbocycles. The minimum absolute atomic E-state index is 0.161. The van der Waals surface area contributed by atoms with Gasteiger partial charge >= 0.3 is 0 Å². The van der Waals surface area contributed by atoms with Crippen LogP contribution in [0.2, 0.25) is 0 Å². The Bertz CT molecular complexity index is 970. The molecule has 3 rings (SSSR count). The Balaban J connectivity index is 1.68. The summed E-state index contributed by atoms with van der Waals surface area (Å²) in [5.74, 6) is -0.332. The lowest BCUT2D eigenvalue weighted by atomic mass is 10.1. The third-order valence-electron chi connectivity index (χ3n) is 5.55. The summed E-state index contributed by atoms with van der Waals surface area (Å²) in [7, 11) is -3.89. The van der Waals surface area contributed by atoms with E-state index in [0.717, 1.165) is 24.0 Å². The van der Waals surface area contributed by atoms with E-state index < -0.39 is 10.0 Å². The van der Waals surface area contributed by atoms with Crippen molar-refractivity contribution in [3.05, 3.63) is 59.7 Å². The molecule has 2 aromatic rings. The zero-order valence-electron chi connectivity index (χ0n) is 18.3. The minimum atomic E-state index is -3.89. The summed E-state index contributed by atoms with van der Waals surface area (Å²) in [4.78, 5) is 12.8. The van der Waals surface area contributed by atoms with Crippen LogP contribution < -0.4 is 9.62 Å². The van der Waals surface area contributed by atoms with Gasteiger partial charge in [0.15, 0.2) is 0 Å². The molecule has 0 aromatic heterocycles. The summed E-state index contributed by atoms with van der Waals surface area (Å²) in [5, 5.41) is 2.84. The number of benzene rings is 2. The lowest BCUT2D eigenvalue weighted by molar-refractivity contribution is -0.119. The second-order valence-corrected chi connectivity index (χ2v) is 9.96. The molecule has 0 atom stereocenters. The molecule has 0 unspecified atom stereocenters. The van der Waals surface area contributed by atoms with E-state index in [0.29, 0.717) is 31.4 Å². The maximum absolute atomic E-state index is 13.4. The summed E-state index contributed by atoms with van der Waals surface area (Å²) in [6.07, 6.45) is 5.75. The number of ether oxygens (including phenoxy) is 1. The first-order valence-electron chi connectivity index (χ1n) is 10.9. The first-order valence-corrected chi connectivity index (χ1v) is 12.4. The molecule has 1 amide bonds. The molecule has 7 heteroatoms. The Morgan fingerprint density at radius 3 is 2.52 bits per heavy atom. The molecule has 0 radical (unpaired) electrons. The predicted octanol–water partition coefficient (Wildman–Crippen LogP) is 3.96. The van der Waals surface area contributed by atoms with Gasteiger partial charge in [-0.05, 0) is 62.4 Å². The Kier molecular flexibility index (Phi) is 8.09. The van der Waals surface area contributed by atoms with E-state index >= 15 is 0 Å². The normalized spacial score (nSPS) is 14.5. The molecule has 1 aliphatic carbocycles. The maximum atomic E-state index is 13.4. The lowest BCUT2D eigenvalue weighted by Gasteiger charge is -2.26. The summed E-state index contributed by atoms with van der Waals surface area (Å²) < 4.78 is 33.8. The fraction of sp³-hybridized carbons (Fsp3) is 0.458. The average Bonchev–Trinajstić information content (AvgIpc) is 3.28. The lowest BCUT2D eigenvalue weighted by Crippen LogP contribution is -2.41. The van der Waals surface area contributed by atoms with Crippen LogP contribution in [0.4, 0.5) is 5.69 Å². The van der Waals surface area contributed by atoms with Crippen LogP contribution in [0.15, 0.2) is 53.4 Å². The first-order chi connectivity index (χ1) is 14.9. The van der Waals surface area contributed by atoms with E-state index in [9.17, 15) is 13.2 Å². The third kappa shape index (κ3) is 6.31. The van der Waals surface area contributed by atoms with E-state index in [1.54, 1.807) is 36.4 Å². The molecular weight excluding hydrogens is 412 g/mol. The van der Waals surface area contributed by atoms with Gasteiger partial charge in [-0.2, -0.15) is 0 Å². The molecule has 1 fully saturated rings. The van der Waals surface area contributed by atoms with Crippen molar-refractivity contribution in [2.75, 3.05) is 24.0 Å². The van der Waals surface area contributed by atoms with Crippen molar-refractivity contribution >= 4 is 21.6 Å². The van der Waals surface area contributed by atoms with Gasteiger partial charge < -0.3 is 10.1 Å². The fourth-order valence-electron chi connectivity index (χ4n) is 3.80. The van der Waals surface area contributed by atoms with Crippen LogP contribution in [0.25, 0.3) is 0 Å². The van der Waals surface area contributed by atoms with Crippen LogP contribution in [-0.4, -0.2) is 40.1 Å². The molecule has 1 aliphatic rings. The largest absolute Gasteiger partial charge is 0.378 e. The number of carbonyl (C=O) groups is 1. The molecule has 168 valence electrons. The van der Waals surface area contributed by atoms with Crippen molar-refractivity contribution in [1.82, 2.24) is 5.32 Å². The highest BCUT2D eigenvalue weighted by atomic mass is 32.2. The number of nitrogens with one attached hydrogen (secondary N) is 1. The number of hydrogen-bond acceptors (Lipinski definition) is 4. The average molecular weight is 445 g/mol. The van der Waals surface area contributed by atoms with E-state index in [1.165, 1.54) is 17.1 Å². The number of hydrogen-bond donors (Lipinski definition) is 1. The number of amides is 1. The highest BCUT2D eigenvalue weighted by Gasteiger charge is 2.28. The van der Waals surface area contributed by atoms with E-state index in [4.69, 9.17) is 4.74 Å². The van der Waals surface area contributed by atoms with Gasteiger partial charge in [0, 0.05) is 13.2 Å². The highest BCUT2D eigenvalue weighted by Crippen LogP contribution is 2.27. The molecule has 0 heterocycles. The molecule has 31 heavy (non-hydrogen) atoms. The van der Waals surface area contributed by atoms with Crippen LogP contribution in [0.5, 0.6) is 0 Å². The summed E-state index contributed by atoms with van der Waals surface area (Å²) >= 11 is 0. The molecule has 0 bridgehead atoms. The van der Waals surface area contributed by atoms with Crippen LogP contribution in [0, 0.1) is 13.8 Å². The highest BCUT2D eigenvalue weighted by molar-refractivity contribution is 7.92. The van der Waals surface area contributed by atoms with Crippen molar-refractivity contribution in [3.63, 3.8) is 0 Å². The first kappa shape index (κ1) is 23.3. The maximum Gasteiger partial charge on any atom is 0.264 e. The Labute approximate surface area is 185 Å². The number of anilines is 1. The Hall–Kier alpha value is -2.38. The molecule has 0 saturated heterocycles. The van der Waals surface area contributed by atoms with Gasteiger partial charge in [-0.1, -0.05) is 43.2 Å². The van der Waals surface area contributed by atoms with Gasteiger partial charge in [-0.15, -0.1) is 0 Å². The molecule has 1 N–H and O–H groups in total. The summed E-state index contributed by atoms with van der Waals surface area (Å²) in [6, 6.07) is 13.8. The van der Waals surface area contributed by atoms with Crippen LogP contribution in [0.3, 0.4) is 0 Å². The van der Waals surface area contributed by atoms with E-state index in [1.807, 2.05) is 26.0 Å². The topological polar surface area (TPSA) is 75.7 Å². The molecule has 0 spiro atoms. The summed E-state index contributed by atoms with van der Waals surface area (Å²) in [6.45, 7) is 4.54. The molecule has 6 nitrogen and oxygen atoms in total. The van der Waals surface area contributed by atoms with Crippen molar-refractivity contribution < 1.29 is 17.9 Å². The van der Waals surface area contributed by atoms with Gasteiger partial charge in [0.25, 0.3) is 10.0 Å². The Morgan fingerprint density at radius 1 is 1.10 bits per heavy atom. The van der Waals surface area contributed by atoms with Crippen molar-refractivity contribution in [2.24, 2.45) is 0 Å². The van der Waals surface area contributed by atoms with Crippen LogP contribution in [0.1, 0.15) is 43.2 Å². The Morgan fingerprint density at radius 2 is 1.81 bits per heavy atom. The second kappa shape index (κ2) is 10.8. The standard InChI is InChI=1S/C24H32N2O4S/c1-19-13-14-20(2)23(17-19)26(31(28,29)22-11-4-3-5-12-22)18-24(27)25-15-8-16-30-21-9-6-7-10-21/h3-5,11-14,17,21H,6-10,15-16,18H2,1-2H3,(H,25,27). The van der Waals surface area contributed by atoms with Crippen molar-refractivity contribution in [3.8, 4) is 0 Å². The molecule has 2 aromatic carbocycles. The van der Waals surface area contributed by atoms with Crippen molar-refractivity contribution in [2.45, 2.75) is 57.0 Å². The van der Waals surface area contributed by atoms with Gasteiger partial charge in [0.1, 0.15) is 6.54 Å². The fourth-order valence-corrected chi connectivity index (χ4v) is 5.30. The number of aryl methyl sites for hydroxylation is 2. The van der Waals surface area contributed by atoms with Crippen LogP contribution >= 0.6 is 0 Å². The number of rotatable bonds is 10. The van der Waals surface area contributed by atoms with Gasteiger partial charge in [-0.25, -0.2) is 8.42 Å². The molecule has 0 aliphatic heterocycles. The molecular formula is C24H32N2O4S. The summed E-state index contributed by atoms with van der Waals surface area (Å²) in [5.41, 5.74) is 2.24. The second-order valence-electron chi connectivity index (χ2n) is 8.10. The number of sulfonamides is 1. The third-order valence-corrected chi connectivity index (χ3v) is 7.32. The quantitative estimate of drug-likeness (QED) is 0.563. The minimum Gasteiger partial charge on any atom is -0.378 e. The zero-order chi connectivity index (χ0) is 22.3. The monoisotopic (exact) mass is 444 g/mol. The van der Waals surface area contributed by atoms with Crippen LogP contribution in [-0.2, 0) is 19.6 Å².